The molecule has 2 aromatic rings. The third kappa shape index (κ3) is 3.45. The first-order valence-electron chi connectivity index (χ1n) is 5.54. The second kappa shape index (κ2) is 6.02. The highest BCUT2D eigenvalue weighted by molar-refractivity contribution is 7.07. The van der Waals surface area contributed by atoms with Crippen LogP contribution >= 0.6 is 11.3 Å². The first-order valence-corrected chi connectivity index (χ1v) is 6.49. The van der Waals surface area contributed by atoms with Crippen molar-refractivity contribution in [3.8, 4) is 5.75 Å². The Labute approximate surface area is 117 Å². The van der Waals surface area contributed by atoms with Gasteiger partial charge in [-0.25, -0.2) is 14.6 Å². The van der Waals surface area contributed by atoms with E-state index in [1.807, 2.05) is 0 Å². The maximum atomic E-state index is 11.7. The van der Waals surface area contributed by atoms with Gasteiger partial charge in [-0.3, -0.25) is 0 Å². The third-order valence-corrected chi connectivity index (χ3v) is 3.03. The number of aromatic carboxylic acids is 1. The van der Waals surface area contributed by atoms with Gasteiger partial charge in [-0.2, -0.15) is 0 Å². The zero-order chi connectivity index (χ0) is 14.5. The number of urea groups is 1. The maximum Gasteiger partial charge on any atom is 0.337 e. The van der Waals surface area contributed by atoms with Gasteiger partial charge in [-0.15, -0.1) is 11.3 Å². The van der Waals surface area contributed by atoms with E-state index in [0.29, 0.717) is 5.69 Å². The molecular formula is C12H11N3O4S. The Morgan fingerprint density at radius 1 is 1.35 bits per heavy atom. The van der Waals surface area contributed by atoms with Gasteiger partial charge in [0.25, 0.3) is 0 Å². The lowest BCUT2D eigenvalue weighted by Crippen LogP contribution is -2.29. The van der Waals surface area contributed by atoms with Crippen LogP contribution < -0.4 is 10.6 Å². The molecule has 7 nitrogen and oxygen atoms in total. The van der Waals surface area contributed by atoms with E-state index in [4.69, 9.17) is 5.11 Å². The number of phenolic OH excluding ortho intramolecular Hbond substituents is 1. The highest BCUT2D eigenvalue weighted by Gasteiger charge is 2.13. The number of nitrogens with one attached hydrogen (secondary N) is 2. The highest BCUT2D eigenvalue weighted by Crippen LogP contribution is 2.21. The van der Waals surface area contributed by atoms with Crippen molar-refractivity contribution in [2.75, 3.05) is 5.32 Å². The lowest BCUT2D eigenvalue weighted by atomic mass is 10.1. The number of carbonyl (C=O) groups is 2. The van der Waals surface area contributed by atoms with E-state index >= 15 is 0 Å². The van der Waals surface area contributed by atoms with Crippen LogP contribution in [-0.4, -0.2) is 27.2 Å². The van der Waals surface area contributed by atoms with Crippen LogP contribution in [0.3, 0.4) is 0 Å². The van der Waals surface area contributed by atoms with Gasteiger partial charge in [0.2, 0.25) is 0 Å². The number of carbonyl (C=O) groups excluding carboxylic acids is 1. The summed E-state index contributed by atoms with van der Waals surface area (Å²) >= 11 is 1.41. The summed E-state index contributed by atoms with van der Waals surface area (Å²) in [5.41, 5.74) is 2.28. The Balaban J connectivity index is 2.02. The Morgan fingerprint density at radius 3 is 2.80 bits per heavy atom. The van der Waals surface area contributed by atoms with Crippen LogP contribution in [0.4, 0.5) is 10.5 Å². The predicted molar refractivity (Wildman–Crippen MR) is 73.0 cm³/mol. The number of thiazole rings is 1. The van der Waals surface area contributed by atoms with Gasteiger partial charge in [-0.1, -0.05) is 0 Å². The Bertz CT molecular complexity index is 628. The molecule has 0 atom stereocenters. The van der Waals surface area contributed by atoms with E-state index < -0.39 is 12.0 Å². The van der Waals surface area contributed by atoms with Crippen molar-refractivity contribution in [2.24, 2.45) is 0 Å². The summed E-state index contributed by atoms with van der Waals surface area (Å²) in [6.07, 6.45) is 0. The summed E-state index contributed by atoms with van der Waals surface area (Å²) in [6.45, 7) is 0.246. The summed E-state index contributed by atoms with van der Waals surface area (Å²) < 4.78 is 0. The maximum absolute atomic E-state index is 11.7. The van der Waals surface area contributed by atoms with Gasteiger partial charge in [0.1, 0.15) is 5.75 Å². The molecule has 0 aliphatic rings. The number of rotatable bonds is 4. The van der Waals surface area contributed by atoms with Crippen molar-refractivity contribution in [1.29, 1.82) is 0 Å². The summed E-state index contributed by atoms with van der Waals surface area (Å²) in [5, 5.41) is 25.0. The van der Waals surface area contributed by atoms with Crippen molar-refractivity contribution < 1.29 is 19.8 Å². The van der Waals surface area contributed by atoms with Gasteiger partial charge >= 0.3 is 12.0 Å². The second-order valence-corrected chi connectivity index (χ2v) is 4.54. The minimum Gasteiger partial charge on any atom is -0.508 e. The number of aromatic hydroxyl groups is 1. The quantitative estimate of drug-likeness (QED) is 0.643. The number of hydrogen-bond donors (Lipinski definition) is 4. The van der Waals surface area contributed by atoms with E-state index in [1.54, 1.807) is 10.9 Å². The number of anilines is 1. The average Bonchev–Trinajstić information content (AvgIpc) is 2.91. The molecule has 4 N–H and O–H groups in total. The molecule has 1 aromatic carbocycles. The first-order chi connectivity index (χ1) is 9.56. The van der Waals surface area contributed by atoms with Crippen LogP contribution in [-0.2, 0) is 6.54 Å². The lowest BCUT2D eigenvalue weighted by molar-refractivity contribution is 0.0697. The molecule has 0 aliphatic carbocycles. The number of benzene rings is 1. The number of aromatic nitrogens is 1. The third-order valence-electron chi connectivity index (χ3n) is 2.40. The molecule has 2 rings (SSSR count). The zero-order valence-corrected chi connectivity index (χ0v) is 11.0. The Kier molecular flexibility index (Phi) is 4.16. The van der Waals surface area contributed by atoms with E-state index in [9.17, 15) is 14.7 Å². The summed E-state index contributed by atoms with van der Waals surface area (Å²) in [4.78, 5) is 26.7. The molecule has 0 spiro atoms. The molecule has 0 saturated carbocycles. The highest BCUT2D eigenvalue weighted by atomic mass is 32.1. The van der Waals surface area contributed by atoms with Crippen molar-refractivity contribution in [2.45, 2.75) is 6.54 Å². The molecule has 0 fully saturated rings. The molecule has 0 bridgehead atoms. The van der Waals surface area contributed by atoms with Crippen LogP contribution in [0.25, 0.3) is 0 Å². The van der Waals surface area contributed by atoms with E-state index in [0.717, 1.165) is 6.07 Å². The SMILES string of the molecule is O=C(NCc1cscn1)Nc1ccc(O)cc1C(=O)O. The van der Waals surface area contributed by atoms with Crippen LogP contribution in [0.2, 0.25) is 0 Å². The van der Waals surface area contributed by atoms with Crippen molar-refractivity contribution in [1.82, 2.24) is 10.3 Å². The standard InChI is InChI=1S/C12H11N3O4S/c16-8-1-2-10(9(3-8)11(17)18)15-12(19)13-4-7-5-20-6-14-7/h1-3,5-6,16H,4H2,(H,17,18)(H2,13,15,19). The smallest absolute Gasteiger partial charge is 0.337 e. The second-order valence-electron chi connectivity index (χ2n) is 3.82. The summed E-state index contributed by atoms with van der Waals surface area (Å²) in [6, 6.07) is 3.13. The molecule has 0 aliphatic heterocycles. The molecule has 0 saturated heterocycles. The predicted octanol–water partition coefficient (Wildman–Crippen LogP) is 1.87. The monoisotopic (exact) mass is 293 g/mol. The van der Waals surface area contributed by atoms with E-state index in [1.165, 1.54) is 23.5 Å². The first kappa shape index (κ1) is 13.8. The molecule has 0 radical (unpaired) electrons. The van der Waals surface area contributed by atoms with E-state index in [-0.39, 0.29) is 23.5 Å². The molecule has 20 heavy (non-hydrogen) atoms. The topological polar surface area (TPSA) is 112 Å². The number of nitrogens with zero attached hydrogens (tertiary/aromatic N) is 1. The molecule has 2 amide bonds. The lowest BCUT2D eigenvalue weighted by Gasteiger charge is -2.09. The van der Waals surface area contributed by atoms with Gasteiger partial charge in [0, 0.05) is 5.38 Å². The van der Waals surface area contributed by atoms with Gasteiger partial charge < -0.3 is 20.8 Å². The average molecular weight is 293 g/mol. The normalized spacial score (nSPS) is 10.0. The number of carboxylic acid groups (broad SMARTS) is 1. The Morgan fingerprint density at radius 2 is 2.15 bits per heavy atom. The number of phenols is 1. The van der Waals surface area contributed by atoms with Crippen molar-refractivity contribution in [3.63, 3.8) is 0 Å². The molecule has 0 unspecified atom stereocenters. The van der Waals surface area contributed by atoms with Gasteiger partial charge in [0.15, 0.2) is 0 Å². The zero-order valence-electron chi connectivity index (χ0n) is 10.2. The van der Waals surface area contributed by atoms with Crippen LogP contribution in [0.5, 0.6) is 5.75 Å². The molecule has 8 heteroatoms. The number of hydrogen-bond acceptors (Lipinski definition) is 5. The number of amides is 2. The minimum absolute atomic E-state index is 0.103. The number of carboxylic acids is 1. The van der Waals surface area contributed by atoms with Crippen LogP contribution in [0.1, 0.15) is 16.1 Å². The van der Waals surface area contributed by atoms with Crippen LogP contribution in [0.15, 0.2) is 29.1 Å². The van der Waals surface area contributed by atoms with E-state index in [2.05, 4.69) is 15.6 Å². The summed E-state index contributed by atoms with van der Waals surface area (Å²) in [5.74, 6) is -1.42. The largest absolute Gasteiger partial charge is 0.508 e. The summed E-state index contributed by atoms with van der Waals surface area (Å²) in [7, 11) is 0. The van der Waals surface area contributed by atoms with Crippen LogP contribution in [0, 0.1) is 0 Å². The van der Waals surface area contributed by atoms with Crippen molar-refractivity contribution >= 4 is 29.0 Å². The van der Waals surface area contributed by atoms with Crippen molar-refractivity contribution in [3.05, 3.63) is 40.3 Å². The molecule has 1 heterocycles. The van der Waals surface area contributed by atoms with Gasteiger partial charge in [0.05, 0.1) is 29.0 Å². The Hall–Kier alpha value is -2.61. The fourth-order valence-corrected chi connectivity index (χ4v) is 2.04. The van der Waals surface area contributed by atoms with Gasteiger partial charge in [-0.05, 0) is 18.2 Å². The molecule has 1 aromatic heterocycles. The fourth-order valence-electron chi connectivity index (χ4n) is 1.48. The minimum atomic E-state index is -1.24. The molecular weight excluding hydrogens is 282 g/mol. The fraction of sp³-hybridized carbons (Fsp3) is 0.0833. The molecule has 104 valence electrons.